The minimum atomic E-state index is 0.268. The van der Waals surface area contributed by atoms with Gasteiger partial charge in [0, 0.05) is 33.2 Å². The molecule has 6 heterocycles. The summed E-state index contributed by atoms with van der Waals surface area (Å²) in [5.74, 6) is 0. The molecule has 0 fully saturated rings. The van der Waals surface area contributed by atoms with Gasteiger partial charge < -0.3 is 0 Å². The van der Waals surface area contributed by atoms with E-state index < -0.39 is 0 Å². The van der Waals surface area contributed by atoms with Gasteiger partial charge in [-0.25, -0.2) is 0 Å². The van der Waals surface area contributed by atoms with Gasteiger partial charge >= 0.3 is 638 Å². The Balaban J connectivity index is 0.000000108. The molecular weight excluding hydrogens is 2000 g/mol. The molecule has 0 amide bonds. The van der Waals surface area contributed by atoms with Gasteiger partial charge in [-0.15, -0.1) is 0 Å². The van der Waals surface area contributed by atoms with Crippen molar-refractivity contribution in [3.63, 3.8) is 0 Å². The average Bonchev–Trinajstić information content (AvgIpc) is 1.64. The van der Waals surface area contributed by atoms with Gasteiger partial charge in [0.25, 0.3) is 0 Å². The van der Waals surface area contributed by atoms with Crippen LogP contribution in [-0.2, 0) is 0 Å². The summed E-state index contributed by atoms with van der Waals surface area (Å²) in [5, 5.41) is 20.9. The van der Waals surface area contributed by atoms with Crippen LogP contribution < -0.4 is 14.7 Å². The fourth-order valence-corrected chi connectivity index (χ4v) is 29.7. The van der Waals surface area contributed by atoms with Gasteiger partial charge in [0.15, 0.2) is 0 Å². The second kappa shape index (κ2) is 38.0. The molecule has 0 aliphatic heterocycles. The van der Waals surface area contributed by atoms with Crippen molar-refractivity contribution in [2.45, 2.75) is 0 Å². The number of benzene rings is 24. The van der Waals surface area contributed by atoms with Crippen molar-refractivity contribution in [1.29, 1.82) is 0 Å². The number of hydrogen-bond donors (Lipinski definition) is 0. The summed E-state index contributed by atoms with van der Waals surface area (Å²) in [4.78, 5) is 7.21. The number of para-hydroxylation sites is 7. The molecule has 0 saturated heterocycles. The van der Waals surface area contributed by atoms with Crippen LogP contribution in [0.25, 0.3) is 206 Å². The van der Waals surface area contributed by atoms with Gasteiger partial charge in [-0.1, -0.05) is 140 Å². The van der Waals surface area contributed by atoms with Crippen LogP contribution >= 0.6 is 0 Å². The van der Waals surface area contributed by atoms with Crippen LogP contribution in [0, 0.1) is 0 Å². The van der Waals surface area contributed by atoms with E-state index in [9.17, 15) is 0 Å². The second-order valence-corrected chi connectivity index (χ2v) is 45.0. The predicted molar refractivity (Wildman–Crippen MR) is 639 cm³/mol. The van der Waals surface area contributed by atoms with Crippen LogP contribution in [0.2, 0.25) is 0 Å². The fourth-order valence-electron chi connectivity index (χ4n) is 22.5. The first-order valence-electron chi connectivity index (χ1n) is 50.7. The van der Waals surface area contributed by atoms with Crippen molar-refractivity contribution in [3.8, 4) is 61.6 Å². The Morgan fingerprint density at radius 3 is 0.792 bits per heavy atom. The summed E-state index contributed by atoms with van der Waals surface area (Å²) in [6.07, 6.45) is 0. The molecule has 0 bridgehead atoms. The molecule has 0 spiro atoms. The minimum absolute atomic E-state index is 0.268. The van der Waals surface area contributed by atoms with Crippen LogP contribution in [0.15, 0.2) is 558 Å². The zero-order chi connectivity index (χ0) is 98.4. The first-order valence-corrected chi connectivity index (χ1v) is 55.9. The molecule has 0 atom stereocenters. The summed E-state index contributed by atoms with van der Waals surface area (Å²) >= 11 is 0.960. The number of fused-ring (bicyclic) bond motifs is 21. The van der Waals surface area contributed by atoms with Gasteiger partial charge in [0.1, 0.15) is 0 Å². The molecule has 149 heavy (non-hydrogen) atoms. The van der Waals surface area contributed by atoms with Gasteiger partial charge in [-0.2, -0.15) is 0 Å². The quantitative estimate of drug-likeness (QED) is 0.0712. The summed E-state index contributed by atoms with van der Waals surface area (Å²) in [6, 6.07) is 204. The van der Waals surface area contributed by atoms with Crippen LogP contribution in [0.3, 0.4) is 0 Å². The monoisotopic (exact) mass is 2100 g/mol. The van der Waals surface area contributed by atoms with E-state index in [2.05, 4.69) is 587 Å². The SMILES string of the molecule is c1ccc(-c2ccc(N(c3ccc(-c4ccc5c(c4)[se]c4ccccc45)cc3)c3ccc4c5ccccc5n(-c5ccccc5)c4c3)cc2)cc1.c1ccc(-n2c3ccccc3c3ccc(-c4ccc(N(c5ccc6c(c5)[se]c5ccccc56)c5cc6ccccc6c6ccccc56)cc4)cc32)cc1.c1ccc(N(c2ccc(-c3ccc4c(c3)[se]c3ccccc34)cc2)c2ccc3c4ccccc4n(-c4ccccc4)c3c2)cc1. The third-order valence-corrected chi connectivity index (χ3v) is 36.7. The molecule has 0 aliphatic carbocycles. The van der Waals surface area contributed by atoms with Crippen molar-refractivity contribution in [1.82, 2.24) is 13.7 Å². The standard InChI is InChI=1S/C50H32N2Se.C48H32N2Se.C42H28N2Se/c1-2-13-36(14-3-1)52-46-20-10-8-18-42(46)43-28-24-34(30-48(43)52)33-22-25-37(26-23-33)51(38-27-29-45-44-19-9-11-21-49(44)53-50(45)32-38)47-31-35-12-4-5-15-39(35)40-16-6-7-17-41(40)47;1-3-11-33(12-4-1)34-19-24-38(25-20-34)49(39-26-21-35(22-27-39)36-23-29-44-43-16-8-10-18-47(43)51-48(44)31-36)40-28-30-42-41-15-7-9-17-45(41)50(46(42)32-40)37-13-5-2-6-14-37;1-3-11-31(12-4-1)43(33-22-19-29(20-23-33)30-21-25-38-37-16-8-10-18-41(37)45-42(38)27-30)34-24-26-36-35-15-7-9-17-39(35)44(40(36)28-34)32-13-5-2-6-14-32/h1-32H;1-32H;1-28H. The molecule has 0 unspecified atom stereocenters. The second-order valence-electron chi connectivity index (χ2n) is 38.2. The van der Waals surface area contributed by atoms with Crippen LogP contribution in [-0.4, -0.2) is 57.2 Å². The van der Waals surface area contributed by atoms with Crippen LogP contribution in [0.5, 0.6) is 0 Å². The van der Waals surface area contributed by atoms with Crippen molar-refractivity contribution in [3.05, 3.63) is 558 Å². The Morgan fingerprint density at radius 1 is 0.128 bits per heavy atom. The zero-order valence-electron chi connectivity index (χ0n) is 81.0. The van der Waals surface area contributed by atoms with Crippen molar-refractivity contribution < 1.29 is 0 Å². The molecule has 30 rings (SSSR count). The number of rotatable bonds is 16. The molecule has 0 N–H and O–H groups in total. The number of nitrogens with zero attached hydrogens (tertiary/aromatic N) is 6. The fraction of sp³-hybridized carbons (Fsp3) is 0. The Labute approximate surface area is 880 Å². The molecule has 6 nitrogen and oxygen atoms in total. The Hall–Kier alpha value is -17.8. The van der Waals surface area contributed by atoms with E-state index >= 15 is 0 Å². The number of aromatic nitrogens is 3. The molecule has 0 radical (unpaired) electrons. The third-order valence-electron chi connectivity index (χ3n) is 29.5. The maximum atomic E-state index is 2.47. The van der Waals surface area contributed by atoms with E-state index in [4.69, 9.17) is 0 Å². The molecule has 700 valence electrons. The molecule has 0 saturated carbocycles. The Bertz CT molecular complexity index is 10300. The molecule has 24 aromatic carbocycles. The number of hydrogen-bond acceptors (Lipinski definition) is 3. The predicted octanol–water partition coefficient (Wildman–Crippen LogP) is 37.8. The summed E-state index contributed by atoms with van der Waals surface area (Å²) in [5.41, 5.74) is 30.8. The topological polar surface area (TPSA) is 24.5 Å². The van der Waals surface area contributed by atoms with Gasteiger partial charge in [0.05, 0.1) is 16.6 Å². The van der Waals surface area contributed by atoms with Crippen LogP contribution in [0.4, 0.5) is 51.2 Å². The van der Waals surface area contributed by atoms with E-state index in [0.29, 0.717) is 29.0 Å². The van der Waals surface area contributed by atoms with Crippen molar-refractivity contribution in [2.75, 3.05) is 14.7 Å². The molecule has 6 aromatic heterocycles. The Morgan fingerprint density at radius 2 is 0.376 bits per heavy atom. The van der Waals surface area contributed by atoms with Crippen LogP contribution in [0.1, 0.15) is 0 Å². The van der Waals surface area contributed by atoms with E-state index in [-0.39, 0.29) is 14.5 Å². The molecule has 30 aromatic rings. The zero-order valence-corrected chi connectivity index (χ0v) is 86.2. The molecular formula is C140H92N6Se3. The first kappa shape index (κ1) is 88.8. The summed E-state index contributed by atoms with van der Waals surface area (Å²) in [7, 11) is 0. The first-order chi connectivity index (χ1) is 73.9. The van der Waals surface area contributed by atoms with Crippen molar-refractivity contribution in [2.24, 2.45) is 0 Å². The normalized spacial score (nSPS) is 11.6. The van der Waals surface area contributed by atoms with E-state index in [1.165, 1.54) is 206 Å². The average molecular weight is 2100 g/mol. The van der Waals surface area contributed by atoms with E-state index in [1.54, 1.807) is 0 Å². The molecule has 0 aliphatic rings. The van der Waals surface area contributed by atoms with E-state index in [0.717, 1.165) is 51.2 Å². The number of anilines is 9. The van der Waals surface area contributed by atoms with Gasteiger partial charge in [0.2, 0.25) is 0 Å². The Kier molecular flexibility index (Phi) is 22.6. The summed E-state index contributed by atoms with van der Waals surface area (Å²) < 4.78 is 16.0. The van der Waals surface area contributed by atoms with Crippen molar-refractivity contribution >= 4 is 240 Å². The third kappa shape index (κ3) is 16.1. The maximum absolute atomic E-state index is 2.47. The summed E-state index contributed by atoms with van der Waals surface area (Å²) in [6.45, 7) is 0. The van der Waals surface area contributed by atoms with Gasteiger partial charge in [-0.05, 0) is 60.2 Å². The molecule has 9 heteroatoms. The van der Waals surface area contributed by atoms with E-state index in [1.807, 2.05) is 0 Å². The van der Waals surface area contributed by atoms with Gasteiger partial charge in [-0.3, -0.25) is 0 Å².